The van der Waals surface area contributed by atoms with E-state index < -0.39 is 5.97 Å². The fourth-order valence-electron chi connectivity index (χ4n) is 1.73. The summed E-state index contributed by atoms with van der Waals surface area (Å²) in [6, 6.07) is 6.29. The van der Waals surface area contributed by atoms with Crippen LogP contribution in [0.25, 0.3) is 0 Å². The lowest BCUT2D eigenvalue weighted by Gasteiger charge is -2.26. The van der Waals surface area contributed by atoms with Gasteiger partial charge in [0.2, 0.25) is 0 Å². The van der Waals surface area contributed by atoms with Gasteiger partial charge in [-0.2, -0.15) is 0 Å². The first-order chi connectivity index (χ1) is 8.40. The van der Waals surface area contributed by atoms with E-state index >= 15 is 0 Å². The minimum atomic E-state index is -0.761. The second kappa shape index (κ2) is 6.76. The maximum Gasteiger partial charge on any atom is 0.304 e. The van der Waals surface area contributed by atoms with Gasteiger partial charge in [0, 0.05) is 24.2 Å². The van der Waals surface area contributed by atoms with Crippen molar-refractivity contribution < 1.29 is 9.90 Å². The minimum absolute atomic E-state index is 0.164. The number of nitrogens with zero attached hydrogens (tertiary/aromatic N) is 1. The normalized spacial score (nSPS) is 11.2. The van der Waals surface area contributed by atoms with Gasteiger partial charge in [-0.05, 0) is 38.0 Å². The highest BCUT2D eigenvalue weighted by Gasteiger charge is 2.12. The lowest BCUT2D eigenvalue weighted by Crippen LogP contribution is -2.32. The van der Waals surface area contributed by atoms with Crippen molar-refractivity contribution in [1.29, 1.82) is 0 Å². The highest BCUT2D eigenvalue weighted by molar-refractivity contribution is 6.31. The van der Waals surface area contributed by atoms with Crippen LogP contribution < -0.4 is 0 Å². The van der Waals surface area contributed by atoms with E-state index in [1.807, 2.05) is 25.1 Å². The fourth-order valence-corrected chi connectivity index (χ4v) is 1.93. The van der Waals surface area contributed by atoms with Crippen molar-refractivity contribution in [3.63, 3.8) is 0 Å². The van der Waals surface area contributed by atoms with E-state index in [1.54, 1.807) is 0 Å². The number of hydrogen-bond donors (Lipinski definition) is 1. The van der Waals surface area contributed by atoms with Gasteiger partial charge in [-0.25, -0.2) is 0 Å². The van der Waals surface area contributed by atoms with Crippen LogP contribution in [0.1, 0.15) is 31.4 Å². The van der Waals surface area contributed by atoms with Crippen molar-refractivity contribution in [3.8, 4) is 0 Å². The molecule has 4 heteroatoms. The van der Waals surface area contributed by atoms with Gasteiger partial charge >= 0.3 is 5.97 Å². The largest absolute Gasteiger partial charge is 0.481 e. The minimum Gasteiger partial charge on any atom is -0.481 e. The van der Waals surface area contributed by atoms with E-state index in [-0.39, 0.29) is 6.42 Å². The predicted molar refractivity (Wildman–Crippen MR) is 74.0 cm³/mol. The molecule has 0 spiro atoms. The molecule has 1 aromatic carbocycles. The van der Waals surface area contributed by atoms with E-state index in [0.717, 1.165) is 22.7 Å². The van der Waals surface area contributed by atoms with Crippen LogP contribution in [0.2, 0.25) is 5.02 Å². The summed E-state index contributed by atoms with van der Waals surface area (Å²) in [5, 5.41) is 9.50. The third-order valence-corrected chi connectivity index (χ3v) is 3.37. The Bertz CT molecular complexity index is 418. The first kappa shape index (κ1) is 15.0. The third kappa shape index (κ3) is 4.67. The summed E-state index contributed by atoms with van der Waals surface area (Å²) < 4.78 is 0. The smallest absolute Gasteiger partial charge is 0.304 e. The molecule has 1 N–H and O–H groups in total. The van der Waals surface area contributed by atoms with Crippen molar-refractivity contribution in [2.75, 3.05) is 6.54 Å². The molecular formula is C14H20ClNO2. The number of carbonyl (C=O) groups is 1. The van der Waals surface area contributed by atoms with Gasteiger partial charge < -0.3 is 5.11 Å². The van der Waals surface area contributed by atoms with Gasteiger partial charge in [0.1, 0.15) is 0 Å². The Labute approximate surface area is 113 Å². The molecule has 0 bridgehead atoms. The third-order valence-electron chi connectivity index (χ3n) is 2.97. The van der Waals surface area contributed by atoms with Crippen LogP contribution in [0.5, 0.6) is 0 Å². The molecule has 0 heterocycles. The van der Waals surface area contributed by atoms with Gasteiger partial charge in [0.05, 0.1) is 6.42 Å². The van der Waals surface area contributed by atoms with Gasteiger partial charge in [0.15, 0.2) is 0 Å². The van der Waals surface area contributed by atoms with Gasteiger partial charge in [-0.3, -0.25) is 9.69 Å². The van der Waals surface area contributed by atoms with Crippen LogP contribution >= 0.6 is 11.6 Å². The average Bonchev–Trinajstić information content (AvgIpc) is 2.28. The summed E-state index contributed by atoms with van der Waals surface area (Å²) in [6.45, 7) is 7.38. The van der Waals surface area contributed by atoms with Crippen molar-refractivity contribution >= 4 is 17.6 Å². The van der Waals surface area contributed by atoms with Crippen molar-refractivity contribution in [2.24, 2.45) is 0 Å². The van der Waals surface area contributed by atoms with E-state index in [0.29, 0.717) is 12.6 Å². The van der Waals surface area contributed by atoms with Crippen molar-refractivity contribution in [2.45, 2.75) is 39.8 Å². The number of benzene rings is 1. The molecule has 0 atom stereocenters. The number of hydrogen-bond acceptors (Lipinski definition) is 2. The topological polar surface area (TPSA) is 40.5 Å². The van der Waals surface area contributed by atoms with Gasteiger partial charge in [-0.1, -0.05) is 23.7 Å². The maximum atomic E-state index is 10.6. The van der Waals surface area contributed by atoms with Crippen LogP contribution in [0.3, 0.4) is 0 Å². The zero-order chi connectivity index (χ0) is 13.7. The molecule has 0 unspecified atom stereocenters. The number of aryl methyl sites for hydroxylation is 1. The van der Waals surface area contributed by atoms with E-state index in [1.165, 1.54) is 0 Å². The predicted octanol–water partition coefficient (Wildman–Crippen LogP) is 3.33. The average molecular weight is 270 g/mol. The van der Waals surface area contributed by atoms with E-state index in [4.69, 9.17) is 16.7 Å². The second-order valence-electron chi connectivity index (χ2n) is 4.79. The monoisotopic (exact) mass is 269 g/mol. The molecule has 0 saturated carbocycles. The van der Waals surface area contributed by atoms with Crippen LogP contribution in [0.4, 0.5) is 0 Å². The number of carboxylic acids is 1. The quantitative estimate of drug-likeness (QED) is 0.861. The first-order valence-corrected chi connectivity index (χ1v) is 6.49. The molecule has 0 aliphatic rings. The molecule has 0 aromatic heterocycles. The van der Waals surface area contributed by atoms with Gasteiger partial charge in [0.25, 0.3) is 0 Å². The molecule has 0 amide bonds. The molecule has 0 aliphatic carbocycles. The Morgan fingerprint density at radius 3 is 2.61 bits per heavy atom. The van der Waals surface area contributed by atoms with Crippen molar-refractivity contribution in [3.05, 3.63) is 34.3 Å². The Hall–Kier alpha value is -1.06. The molecule has 18 heavy (non-hydrogen) atoms. The highest BCUT2D eigenvalue weighted by atomic mass is 35.5. The fraction of sp³-hybridized carbons (Fsp3) is 0.500. The highest BCUT2D eigenvalue weighted by Crippen LogP contribution is 2.18. The lowest BCUT2D eigenvalue weighted by atomic mass is 10.1. The van der Waals surface area contributed by atoms with E-state index in [2.05, 4.69) is 18.7 Å². The Balaban J connectivity index is 2.70. The lowest BCUT2D eigenvalue weighted by molar-refractivity contribution is -0.137. The zero-order valence-corrected chi connectivity index (χ0v) is 11.9. The van der Waals surface area contributed by atoms with Crippen LogP contribution in [0.15, 0.2) is 18.2 Å². The van der Waals surface area contributed by atoms with Crippen LogP contribution in [-0.4, -0.2) is 28.6 Å². The summed E-state index contributed by atoms with van der Waals surface area (Å²) in [4.78, 5) is 12.8. The summed E-state index contributed by atoms with van der Waals surface area (Å²) in [5.41, 5.74) is 2.17. The van der Waals surface area contributed by atoms with Crippen LogP contribution in [0, 0.1) is 6.92 Å². The first-order valence-electron chi connectivity index (χ1n) is 6.11. The molecular weight excluding hydrogens is 250 g/mol. The number of halogens is 1. The number of carboxylic acid groups (broad SMARTS) is 1. The Morgan fingerprint density at radius 1 is 1.44 bits per heavy atom. The molecule has 1 aromatic rings. The molecule has 0 radical (unpaired) electrons. The molecule has 0 aliphatic heterocycles. The molecule has 100 valence electrons. The standard InChI is InChI=1S/C14H20ClNO2/c1-10(2)16(7-6-14(17)18)9-12-5-4-11(3)13(15)8-12/h4-5,8,10H,6-7,9H2,1-3H3,(H,17,18). The second-order valence-corrected chi connectivity index (χ2v) is 5.20. The van der Waals surface area contributed by atoms with Gasteiger partial charge in [-0.15, -0.1) is 0 Å². The van der Waals surface area contributed by atoms with Crippen LogP contribution in [-0.2, 0) is 11.3 Å². The number of rotatable bonds is 6. The summed E-state index contributed by atoms with van der Waals surface area (Å²) in [7, 11) is 0. The Morgan fingerprint density at radius 2 is 2.11 bits per heavy atom. The maximum absolute atomic E-state index is 10.6. The molecule has 0 saturated heterocycles. The Kier molecular flexibility index (Phi) is 5.63. The summed E-state index contributed by atoms with van der Waals surface area (Å²) in [5.74, 6) is -0.761. The molecule has 0 fully saturated rings. The SMILES string of the molecule is Cc1ccc(CN(CCC(=O)O)C(C)C)cc1Cl. The molecule has 1 rings (SSSR count). The zero-order valence-electron chi connectivity index (χ0n) is 11.1. The molecule has 3 nitrogen and oxygen atoms in total. The summed E-state index contributed by atoms with van der Waals surface area (Å²) in [6.07, 6.45) is 0.164. The number of aliphatic carboxylic acids is 1. The van der Waals surface area contributed by atoms with Crippen molar-refractivity contribution in [1.82, 2.24) is 4.90 Å². The summed E-state index contributed by atoms with van der Waals surface area (Å²) >= 11 is 6.09. The van der Waals surface area contributed by atoms with E-state index in [9.17, 15) is 4.79 Å².